The monoisotopic (exact) mass is 478 g/mol. The molecule has 0 spiro atoms. The molecule has 1 saturated heterocycles. The quantitative estimate of drug-likeness (QED) is 0.326. The van der Waals surface area contributed by atoms with E-state index in [4.69, 9.17) is 21.1 Å². The van der Waals surface area contributed by atoms with E-state index in [-0.39, 0.29) is 23.6 Å². The fourth-order valence-corrected chi connectivity index (χ4v) is 4.67. The third-order valence-electron chi connectivity index (χ3n) is 5.06. The Balaban J connectivity index is 1.55. The Morgan fingerprint density at radius 1 is 1.12 bits per heavy atom. The average Bonchev–Trinajstić information content (AvgIpc) is 3.55. The van der Waals surface area contributed by atoms with Crippen molar-refractivity contribution in [1.82, 2.24) is 14.3 Å². The number of hydrogen-bond acceptors (Lipinski definition) is 8. The van der Waals surface area contributed by atoms with Gasteiger partial charge in [0, 0.05) is 6.20 Å². The minimum absolute atomic E-state index is 0.229. The van der Waals surface area contributed by atoms with Crippen molar-refractivity contribution in [3.63, 3.8) is 0 Å². The highest BCUT2D eigenvalue weighted by atomic mass is 32.2. The van der Waals surface area contributed by atoms with Gasteiger partial charge in [-0.1, -0.05) is 30.0 Å². The lowest BCUT2D eigenvalue weighted by Gasteiger charge is -2.12. The van der Waals surface area contributed by atoms with Gasteiger partial charge in [-0.2, -0.15) is 0 Å². The van der Waals surface area contributed by atoms with Crippen LogP contribution in [0.2, 0.25) is 0 Å². The molecule has 1 aliphatic heterocycles. The predicted molar refractivity (Wildman–Crippen MR) is 130 cm³/mol. The van der Waals surface area contributed by atoms with E-state index >= 15 is 0 Å². The average molecular weight is 479 g/mol. The van der Waals surface area contributed by atoms with E-state index in [1.54, 1.807) is 49.1 Å². The van der Waals surface area contributed by atoms with E-state index in [0.29, 0.717) is 38.8 Å². The van der Waals surface area contributed by atoms with Crippen molar-refractivity contribution >= 4 is 51.7 Å². The van der Waals surface area contributed by atoms with Crippen LogP contribution in [0.5, 0.6) is 0 Å². The molecule has 0 aliphatic carbocycles. The molecule has 1 aliphatic rings. The number of carbonyl (C=O) groups is 1. The van der Waals surface area contributed by atoms with Gasteiger partial charge in [0.2, 0.25) is 0 Å². The minimum Gasteiger partial charge on any atom is -0.467 e. The molecule has 0 saturated carbocycles. The lowest BCUT2D eigenvalue weighted by molar-refractivity contribution is -0.122. The molecule has 5 rings (SSSR count). The second kappa shape index (κ2) is 8.72. The van der Waals surface area contributed by atoms with Crippen molar-refractivity contribution in [1.29, 1.82) is 0 Å². The Bertz CT molecular complexity index is 1440. The molecule has 10 heteroatoms. The summed E-state index contributed by atoms with van der Waals surface area (Å²) in [6.45, 7) is 2.46. The maximum atomic E-state index is 13.4. The van der Waals surface area contributed by atoms with Crippen LogP contribution in [-0.2, 0) is 17.9 Å². The smallest absolute Gasteiger partial charge is 0.267 e. The first-order chi connectivity index (χ1) is 16.0. The molecule has 0 unspecified atom stereocenters. The summed E-state index contributed by atoms with van der Waals surface area (Å²) in [5.74, 6) is 1.39. The number of aryl methyl sites for hydroxylation is 1. The zero-order valence-corrected chi connectivity index (χ0v) is 19.1. The van der Waals surface area contributed by atoms with Gasteiger partial charge in [-0.3, -0.25) is 18.9 Å². The third kappa shape index (κ3) is 4.22. The molecule has 0 bridgehead atoms. The standard InChI is InChI=1S/C23H18N4O4S2/c1-14-6-7-19-25-20(24-11-15-4-2-8-30-15)17(21(28)26(19)12-14)10-18-22(29)27(23(32)33-18)13-16-5-3-9-31-16/h2-10,12,24H,11,13H2,1H3/b18-10-. The first-order valence-electron chi connectivity index (χ1n) is 10.1. The van der Waals surface area contributed by atoms with Crippen molar-refractivity contribution in [3.8, 4) is 0 Å². The van der Waals surface area contributed by atoms with Crippen molar-refractivity contribution in [3.05, 3.63) is 93.0 Å². The van der Waals surface area contributed by atoms with Crippen LogP contribution in [0.25, 0.3) is 11.7 Å². The number of nitrogens with one attached hydrogen (secondary N) is 1. The lowest BCUT2D eigenvalue weighted by atomic mass is 10.2. The van der Waals surface area contributed by atoms with Crippen LogP contribution in [0.4, 0.5) is 5.82 Å². The molecule has 0 radical (unpaired) electrons. The fraction of sp³-hybridized carbons (Fsp3) is 0.130. The number of carbonyl (C=O) groups excluding carboxylic acids is 1. The van der Waals surface area contributed by atoms with Gasteiger partial charge in [-0.25, -0.2) is 4.98 Å². The van der Waals surface area contributed by atoms with Gasteiger partial charge in [-0.05, 0) is 48.9 Å². The van der Waals surface area contributed by atoms with Gasteiger partial charge in [0.25, 0.3) is 11.5 Å². The molecule has 4 aromatic heterocycles. The molecule has 1 N–H and O–H groups in total. The number of anilines is 1. The Morgan fingerprint density at radius 2 is 1.88 bits per heavy atom. The summed E-state index contributed by atoms with van der Waals surface area (Å²) < 4.78 is 12.6. The number of aromatic nitrogens is 2. The van der Waals surface area contributed by atoms with Crippen LogP contribution >= 0.6 is 24.0 Å². The second-order valence-corrected chi connectivity index (χ2v) is 9.07. The summed E-state index contributed by atoms with van der Waals surface area (Å²) in [5, 5.41) is 3.17. The zero-order chi connectivity index (χ0) is 22.9. The normalized spacial score (nSPS) is 15.2. The van der Waals surface area contributed by atoms with Crippen molar-refractivity contribution in [2.24, 2.45) is 0 Å². The maximum absolute atomic E-state index is 13.4. The molecule has 0 atom stereocenters. The van der Waals surface area contributed by atoms with Crippen LogP contribution in [0.3, 0.4) is 0 Å². The van der Waals surface area contributed by atoms with Crippen LogP contribution in [0.15, 0.2) is 73.7 Å². The largest absolute Gasteiger partial charge is 0.467 e. The predicted octanol–water partition coefficient (Wildman–Crippen LogP) is 4.20. The van der Waals surface area contributed by atoms with Crippen LogP contribution in [-0.4, -0.2) is 24.5 Å². The van der Waals surface area contributed by atoms with Crippen molar-refractivity contribution in [2.75, 3.05) is 5.32 Å². The first kappa shape index (κ1) is 21.2. The molecular formula is C23H18N4O4S2. The molecule has 4 aromatic rings. The second-order valence-electron chi connectivity index (χ2n) is 7.39. The number of rotatable bonds is 6. The SMILES string of the molecule is Cc1ccc2nc(NCc3ccco3)c(/C=C3\SC(=S)N(Cc4ccco4)C3=O)c(=O)n2c1. The number of pyridine rings is 1. The minimum atomic E-state index is -0.290. The molecular weight excluding hydrogens is 460 g/mol. The third-order valence-corrected chi connectivity index (χ3v) is 6.44. The van der Waals surface area contributed by atoms with E-state index in [0.717, 1.165) is 17.3 Å². The summed E-state index contributed by atoms with van der Waals surface area (Å²) in [6, 6.07) is 10.8. The molecule has 0 aromatic carbocycles. The topological polar surface area (TPSA) is 93.0 Å². The van der Waals surface area contributed by atoms with E-state index in [2.05, 4.69) is 10.3 Å². The highest BCUT2D eigenvalue weighted by molar-refractivity contribution is 8.26. The summed E-state index contributed by atoms with van der Waals surface area (Å²) in [4.78, 5) is 32.9. The van der Waals surface area contributed by atoms with Crippen molar-refractivity contribution in [2.45, 2.75) is 20.0 Å². The van der Waals surface area contributed by atoms with Gasteiger partial charge in [-0.15, -0.1) is 0 Å². The molecule has 1 amide bonds. The van der Waals surface area contributed by atoms with Gasteiger partial charge < -0.3 is 14.2 Å². The highest BCUT2D eigenvalue weighted by Crippen LogP contribution is 2.34. The number of fused-ring (bicyclic) bond motifs is 1. The van der Waals surface area contributed by atoms with Crippen molar-refractivity contribution < 1.29 is 13.6 Å². The van der Waals surface area contributed by atoms with E-state index in [1.165, 1.54) is 9.30 Å². The number of thioether (sulfide) groups is 1. The number of hydrogen-bond donors (Lipinski definition) is 1. The number of nitrogens with zero attached hydrogens (tertiary/aromatic N) is 3. The van der Waals surface area contributed by atoms with Gasteiger partial charge in [0.05, 0.1) is 36.1 Å². The Hall–Kier alpha value is -3.63. The van der Waals surface area contributed by atoms with E-state index in [1.807, 2.05) is 19.1 Å². The summed E-state index contributed by atoms with van der Waals surface area (Å²) in [6.07, 6.45) is 6.40. The molecule has 5 heterocycles. The number of amides is 1. The lowest BCUT2D eigenvalue weighted by Crippen LogP contribution is -2.27. The van der Waals surface area contributed by atoms with Gasteiger partial charge in [0.15, 0.2) is 0 Å². The van der Waals surface area contributed by atoms with E-state index in [9.17, 15) is 9.59 Å². The van der Waals surface area contributed by atoms with Gasteiger partial charge in [0.1, 0.15) is 27.3 Å². The summed E-state index contributed by atoms with van der Waals surface area (Å²) >= 11 is 6.55. The fourth-order valence-electron chi connectivity index (χ4n) is 3.43. The maximum Gasteiger partial charge on any atom is 0.267 e. The summed E-state index contributed by atoms with van der Waals surface area (Å²) in [7, 11) is 0. The Kier molecular flexibility index (Phi) is 5.61. The zero-order valence-electron chi connectivity index (χ0n) is 17.5. The highest BCUT2D eigenvalue weighted by Gasteiger charge is 2.33. The first-order valence-corrected chi connectivity index (χ1v) is 11.3. The summed E-state index contributed by atoms with van der Waals surface area (Å²) in [5.41, 5.74) is 1.39. The van der Waals surface area contributed by atoms with Gasteiger partial charge >= 0.3 is 0 Å². The number of thiocarbonyl (C=S) groups is 1. The van der Waals surface area contributed by atoms with Crippen LogP contribution in [0.1, 0.15) is 22.6 Å². The van der Waals surface area contributed by atoms with E-state index < -0.39 is 0 Å². The Labute approximate surface area is 197 Å². The Morgan fingerprint density at radius 3 is 2.61 bits per heavy atom. The molecule has 8 nitrogen and oxygen atoms in total. The molecule has 1 fully saturated rings. The number of furan rings is 2. The molecule has 166 valence electrons. The van der Waals surface area contributed by atoms with Crippen LogP contribution in [0, 0.1) is 6.92 Å². The molecule has 33 heavy (non-hydrogen) atoms. The van der Waals surface area contributed by atoms with Crippen LogP contribution < -0.4 is 10.9 Å².